The minimum Gasteiger partial charge on any atom is -0.340 e. The largest absolute Gasteiger partial charge is 0.340 e. The van der Waals surface area contributed by atoms with Crippen molar-refractivity contribution in [1.82, 2.24) is 20.5 Å². The van der Waals surface area contributed by atoms with Gasteiger partial charge in [0.05, 0.1) is 17.7 Å². The van der Waals surface area contributed by atoms with Crippen molar-refractivity contribution in [3.05, 3.63) is 59.9 Å². The number of nitrogens with one attached hydrogen (secondary N) is 4. The average Bonchev–Trinajstić information content (AvgIpc) is 3.20. The van der Waals surface area contributed by atoms with Crippen molar-refractivity contribution < 1.29 is 14.4 Å². The van der Waals surface area contributed by atoms with Gasteiger partial charge in [-0.3, -0.25) is 19.5 Å². The van der Waals surface area contributed by atoms with E-state index in [0.717, 1.165) is 11.4 Å². The van der Waals surface area contributed by atoms with Crippen molar-refractivity contribution in [3.8, 4) is 11.4 Å². The van der Waals surface area contributed by atoms with Gasteiger partial charge in [-0.15, -0.1) is 0 Å². The van der Waals surface area contributed by atoms with Crippen molar-refractivity contribution in [3.63, 3.8) is 0 Å². The first-order valence-corrected chi connectivity index (χ1v) is 9.94. The van der Waals surface area contributed by atoms with Crippen LogP contribution >= 0.6 is 0 Å². The summed E-state index contributed by atoms with van der Waals surface area (Å²) in [6, 6.07) is 12.8. The molecule has 158 valence electrons. The van der Waals surface area contributed by atoms with E-state index in [9.17, 15) is 14.4 Å². The molecule has 1 aliphatic heterocycles. The van der Waals surface area contributed by atoms with Crippen molar-refractivity contribution in [2.24, 2.45) is 0 Å². The summed E-state index contributed by atoms with van der Waals surface area (Å²) in [6.45, 7) is 4.03. The normalized spacial score (nSPS) is 15.6. The lowest BCUT2D eigenvalue weighted by Gasteiger charge is -2.14. The summed E-state index contributed by atoms with van der Waals surface area (Å²) in [4.78, 5) is 41.9. The third kappa shape index (κ3) is 4.45. The van der Waals surface area contributed by atoms with E-state index in [4.69, 9.17) is 0 Å². The van der Waals surface area contributed by atoms with Crippen LogP contribution in [0.25, 0.3) is 11.4 Å². The van der Waals surface area contributed by atoms with Crippen LogP contribution in [-0.4, -0.2) is 38.9 Å². The van der Waals surface area contributed by atoms with Crippen LogP contribution in [0.1, 0.15) is 42.4 Å². The summed E-state index contributed by atoms with van der Waals surface area (Å²) in [5.41, 5.74) is 2.07. The van der Waals surface area contributed by atoms with Crippen molar-refractivity contribution in [2.45, 2.75) is 32.2 Å². The summed E-state index contributed by atoms with van der Waals surface area (Å²) in [5.74, 6) is 0.287. The van der Waals surface area contributed by atoms with E-state index in [2.05, 4.69) is 31.1 Å². The molecule has 31 heavy (non-hydrogen) atoms. The number of aromatic amines is 1. The molecule has 0 unspecified atom stereocenters. The molecule has 3 aromatic rings. The fraction of sp³-hybridized carbons (Fsp3) is 0.227. The topological polar surface area (TPSA) is 129 Å². The van der Waals surface area contributed by atoms with Crippen LogP contribution in [0.15, 0.2) is 48.5 Å². The van der Waals surface area contributed by atoms with E-state index >= 15 is 0 Å². The van der Waals surface area contributed by atoms with Gasteiger partial charge >= 0.3 is 0 Å². The van der Waals surface area contributed by atoms with Crippen LogP contribution in [0, 0.1) is 0 Å². The predicted molar refractivity (Wildman–Crippen MR) is 115 cm³/mol. The van der Waals surface area contributed by atoms with Crippen LogP contribution in [0.4, 0.5) is 11.4 Å². The van der Waals surface area contributed by atoms with Gasteiger partial charge in [-0.1, -0.05) is 38.1 Å². The second-order valence-corrected chi connectivity index (χ2v) is 7.59. The van der Waals surface area contributed by atoms with Crippen molar-refractivity contribution in [1.29, 1.82) is 0 Å². The van der Waals surface area contributed by atoms with E-state index in [-0.39, 0.29) is 12.3 Å². The van der Waals surface area contributed by atoms with Crippen molar-refractivity contribution in [2.75, 3.05) is 10.6 Å². The van der Waals surface area contributed by atoms with Crippen LogP contribution in [0.2, 0.25) is 0 Å². The van der Waals surface area contributed by atoms with Crippen LogP contribution in [0.3, 0.4) is 0 Å². The number of carbonyl (C=O) groups is 3. The number of fused-ring (bicyclic) bond motifs is 1. The van der Waals surface area contributed by atoms with E-state index in [1.54, 1.807) is 42.5 Å². The molecular formula is C22H22N6O3. The van der Waals surface area contributed by atoms with Gasteiger partial charge in [-0.2, -0.15) is 5.10 Å². The van der Waals surface area contributed by atoms with Gasteiger partial charge in [0, 0.05) is 17.2 Å². The first kappa shape index (κ1) is 20.3. The third-order valence-electron chi connectivity index (χ3n) is 4.90. The molecule has 4 N–H and O–H groups in total. The Morgan fingerprint density at radius 3 is 2.71 bits per heavy atom. The fourth-order valence-corrected chi connectivity index (χ4v) is 3.25. The van der Waals surface area contributed by atoms with Gasteiger partial charge in [0.15, 0.2) is 5.82 Å². The molecule has 0 spiro atoms. The minimum absolute atomic E-state index is 0.200. The molecule has 9 nitrogen and oxygen atoms in total. The lowest BCUT2D eigenvalue weighted by atomic mass is 10.1. The highest BCUT2D eigenvalue weighted by molar-refractivity contribution is 6.11. The number of hydrogen-bond donors (Lipinski definition) is 4. The highest BCUT2D eigenvalue weighted by Crippen LogP contribution is 2.22. The maximum atomic E-state index is 12.6. The van der Waals surface area contributed by atoms with Crippen LogP contribution in [0.5, 0.6) is 0 Å². The molecule has 9 heteroatoms. The standard InChI is InChI=1S/C22H22N6O3/c1-12(2)19-26-20(28-27-19)13-6-5-7-14(10-13)23-18(29)11-17-22(31)24-16-9-4-3-8-15(16)21(30)25-17/h3-10,12,17H,11H2,1-2H3,(H,23,29)(H,24,31)(H,25,30)(H,26,27,28)/t17-/m0/s1. The quantitative estimate of drug-likeness (QED) is 0.506. The summed E-state index contributed by atoms with van der Waals surface area (Å²) >= 11 is 0. The zero-order valence-electron chi connectivity index (χ0n) is 17.1. The Balaban J connectivity index is 1.44. The van der Waals surface area contributed by atoms with Crippen LogP contribution < -0.4 is 16.0 Å². The van der Waals surface area contributed by atoms with E-state index in [1.165, 1.54) is 0 Å². The minimum atomic E-state index is -0.982. The molecule has 3 amide bonds. The van der Waals surface area contributed by atoms with Crippen LogP contribution in [-0.2, 0) is 9.59 Å². The van der Waals surface area contributed by atoms with Gasteiger partial charge in [-0.25, -0.2) is 4.98 Å². The summed E-state index contributed by atoms with van der Waals surface area (Å²) in [6.07, 6.45) is -0.200. The first-order chi connectivity index (χ1) is 14.9. The molecule has 4 rings (SSSR count). The zero-order valence-corrected chi connectivity index (χ0v) is 17.1. The molecule has 0 radical (unpaired) electrons. The summed E-state index contributed by atoms with van der Waals surface area (Å²) in [7, 11) is 0. The molecule has 1 aromatic heterocycles. The highest BCUT2D eigenvalue weighted by atomic mass is 16.2. The van der Waals surface area contributed by atoms with E-state index < -0.39 is 23.8 Å². The Hall–Kier alpha value is -4.01. The Morgan fingerprint density at radius 2 is 1.94 bits per heavy atom. The second kappa shape index (κ2) is 8.39. The lowest BCUT2D eigenvalue weighted by Crippen LogP contribution is -2.43. The molecule has 0 saturated carbocycles. The number of rotatable bonds is 5. The number of carbonyl (C=O) groups excluding carboxylic acids is 3. The van der Waals surface area contributed by atoms with Gasteiger partial charge in [-0.05, 0) is 24.3 Å². The highest BCUT2D eigenvalue weighted by Gasteiger charge is 2.29. The number of benzene rings is 2. The molecule has 1 aliphatic rings. The summed E-state index contributed by atoms with van der Waals surface area (Å²) < 4.78 is 0. The van der Waals surface area contributed by atoms with Gasteiger partial charge in [0.1, 0.15) is 11.9 Å². The molecule has 2 heterocycles. The number of anilines is 2. The van der Waals surface area contributed by atoms with Gasteiger partial charge in [0.2, 0.25) is 11.8 Å². The number of amides is 3. The Kier molecular flexibility index (Phi) is 5.48. The van der Waals surface area contributed by atoms with Gasteiger partial charge < -0.3 is 16.0 Å². The molecule has 0 aliphatic carbocycles. The van der Waals surface area contributed by atoms with Gasteiger partial charge in [0.25, 0.3) is 5.91 Å². The average molecular weight is 418 g/mol. The first-order valence-electron chi connectivity index (χ1n) is 9.94. The molecule has 2 aromatic carbocycles. The number of nitrogens with zero attached hydrogens (tertiary/aromatic N) is 2. The smallest absolute Gasteiger partial charge is 0.254 e. The van der Waals surface area contributed by atoms with E-state index in [0.29, 0.717) is 22.8 Å². The Labute approximate surface area is 178 Å². The van der Waals surface area contributed by atoms with E-state index in [1.807, 2.05) is 19.9 Å². The molecule has 0 bridgehead atoms. The fourth-order valence-electron chi connectivity index (χ4n) is 3.25. The number of hydrogen-bond acceptors (Lipinski definition) is 5. The Bertz CT molecular complexity index is 1150. The monoisotopic (exact) mass is 418 g/mol. The molecule has 0 saturated heterocycles. The molecule has 1 atom stereocenters. The second-order valence-electron chi connectivity index (χ2n) is 7.59. The van der Waals surface area contributed by atoms with Crippen molar-refractivity contribution >= 4 is 29.1 Å². The maximum absolute atomic E-state index is 12.6. The molecule has 0 fully saturated rings. The number of aromatic nitrogens is 3. The molecular weight excluding hydrogens is 396 g/mol. The maximum Gasteiger partial charge on any atom is 0.254 e. The Morgan fingerprint density at radius 1 is 1.13 bits per heavy atom. The zero-order chi connectivity index (χ0) is 22.0. The lowest BCUT2D eigenvalue weighted by molar-refractivity contribution is -0.122. The number of para-hydroxylation sites is 1. The SMILES string of the molecule is CC(C)c1nc(-c2cccc(NC(=O)C[C@@H]3NC(=O)c4ccccc4NC3=O)c2)n[nH]1. The third-order valence-corrected chi connectivity index (χ3v) is 4.90. The number of H-pyrrole nitrogens is 1. The summed E-state index contributed by atoms with van der Waals surface area (Å²) in [5, 5.41) is 15.2. The predicted octanol–water partition coefficient (Wildman–Crippen LogP) is 2.67.